The number of hydrogen-bond acceptors (Lipinski definition) is 4. The van der Waals surface area contributed by atoms with E-state index in [2.05, 4.69) is 0 Å². The standard InChI is InChI=1S/C17H14N2O3/c18-16-9-8-14(19(20)21)10-17(16)22-11-13-6-3-5-12-4-1-2-7-15(12)13/h1-10H,11,18H2. The normalized spacial score (nSPS) is 10.5. The molecule has 3 aromatic carbocycles. The Balaban J connectivity index is 1.88. The van der Waals surface area contributed by atoms with E-state index in [1.165, 1.54) is 18.2 Å². The van der Waals surface area contributed by atoms with Crippen LogP contribution in [0, 0.1) is 10.1 Å². The Labute approximate surface area is 127 Å². The molecule has 0 saturated carbocycles. The monoisotopic (exact) mass is 294 g/mol. The zero-order valence-corrected chi connectivity index (χ0v) is 11.7. The fourth-order valence-electron chi connectivity index (χ4n) is 2.34. The number of ether oxygens (including phenoxy) is 1. The largest absolute Gasteiger partial charge is 0.486 e. The maximum Gasteiger partial charge on any atom is 0.273 e. The molecule has 0 radical (unpaired) electrons. The van der Waals surface area contributed by atoms with Gasteiger partial charge in [0.1, 0.15) is 12.4 Å². The molecule has 3 aromatic rings. The number of nitrogens with two attached hydrogens (primary N) is 1. The van der Waals surface area contributed by atoms with E-state index in [0.717, 1.165) is 16.3 Å². The highest BCUT2D eigenvalue weighted by atomic mass is 16.6. The summed E-state index contributed by atoms with van der Waals surface area (Å²) < 4.78 is 5.69. The lowest BCUT2D eigenvalue weighted by atomic mass is 10.1. The average Bonchev–Trinajstić information content (AvgIpc) is 2.54. The molecular weight excluding hydrogens is 280 g/mol. The van der Waals surface area contributed by atoms with Crippen molar-refractivity contribution in [2.45, 2.75) is 6.61 Å². The third-order valence-corrected chi connectivity index (χ3v) is 3.47. The van der Waals surface area contributed by atoms with Gasteiger partial charge in [-0.2, -0.15) is 0 Å². The summed E-state index contributed by atoms with van der Waals surface area (Å²) in [4.78, 5) is 10.4. The molecular formula is C17H14N2O3. The molecule has 0 atom stereocenters. The molecule has 0 unspecified atom stereocenters. The van der Waals surface area contributed by atoms with E-state index in [9.17, 15) is 10.1 Å². The Kier molecular flexibility index (Phi) is 3.62. The summed E-state index contributed by atoms with van der Waals surface area (Å²) in [6.07, 6.45) is 0. The van der Waals surface area contributed by atoms with Crippen molar-refractivity contribution in [3.05, 3.63) is 76.3 Å². The van der Waals surface area contributed by atoms with Gasteiger partial charge >= 0.3 is 0 Å². The molecule has 0 bridgehead atoms. The zero-order chi connectivity index (χ0) is 15.5. The maximum absolute atomic E-state index is 10.8. The minimum absolute atomic E-state index is 0.0397. The summed E-state index contributed by atoms with van der Waals surface area (Å²) in [7, 11) is 0. The lowest BCUT2D eigenvalue weighted by Crippen LogP contribution is -2.00. The quantitative estimate of drug-likeness (QED) is 0.449. The van der Waals surface area contributed by atoms with Crippen LogP contribution in [-0.2, 0) is 6.61 Å². The second-order valence-electron chi connectivity index (χ2n) is 4.91. The number of nitrogen functional groups attached to an aromatic ring is 1. The molecule has 5 heteroatoms. The summed E-state index contributed by atoms with van der Waals surface area (Å²) in [5.74, 6) is 0.321. The van der Waals surface area contributed by atoms with Gasteiger partial charge in [0.2, 0.25) is 0 Å². The number of fused-ring (bicyclic) bond motifs is 1. The molecule has 0 saturated heterocycles. The van der Waals surface area contributed by atoms with Crippen molar-refractivity contribution in [3.8, 4) is 5.75 Å². The van der Waals surface area contributed by atoms with Crippen LogP contribution in [0.4, 0.5) is 11.4 Å². The number of anilines is 1. The van der Waals surface area contributed by atoms with Crippen LogP contribution >= 0.6 is 0 Å². The summed E-state index contributed by atoms with van der Waals surface area (Å²) in [5.41, 5.74) is 7.16. The predicted octanol–water partition coefficient (Wildman–Crippen LogP) is 3.91. The highest BCUT2D eigenvalue weighted by molar-refractivity contribution is 5.85. The highest BCUT2D eigenvalue weighted by Crippen LogP contribution is 2.28. The topological polar surface area (TPSA) is 78.4 Å². The molecule has 2 N–H and O–H groups in total. The van der Waals surface area contributed by atoms with Crippen LogP contribution in [0.5, 0.6) is 5.75 Å². The summed E-state index contributed by atoms with van der Waals surface area (Å²) >= 11 is 0. The lowest BCUT2D eigenvalue weighted by Gasteiger charge is -2.10. The first kappa shape index (κ1) is 13.9. The minimum atomic E-state index is -0.468. The molecule has 22 heavy (non-hydrogen) atoms. The Morgan fingerprint density at radius 2 is 1.82 bits per heavy atom. The van der Waals surface area contributed by atoms with Crippen molar-refractivity contribution in [2.75, 3.05) is 5.73 Å². The van der Waals surface area contributed by atoms with Crippen LogP contribution in [0.25, 0.3) is 10.8 Å². The van der Waals surface area contributed by atoms with E-state index in [1.807, 2.05) is 42.5 Å². The Hall–Kier alpha value is -3.08. The van der Waals surface area contributed by atoms with Gasteiger partial charge < -0.3 is 10.5 Å². The second kappa shape index (κ2) is 5.73. The Bertz CT molecular complexity index is 841. The number of nitro groups is 1. The first-order valence-electron chi connectivity index (χ1n) is 6.78. The molecule has 0 aliphatic carbocycles. The zero-order valence-electron chi connectivity index (χ0n) is 11.7. The first-order valence-corrected chi connectivity index (χ1v) is 6.78. The van der Waals surface area contributed by atoms with Gasteiger partial charge in [0.15, 0.2) is 0 Å². The van der Waals surface area contributed by atoms with Crippen molar-refractivity contribution in [2.24, 2.45) is 0 Å². The maximum atomic E-state index is 10.8. The number of non-ortho nitro benzene ring substituents is 1. The molecule has 3 rings (SSSR count). The summed E-state index contributed by atoms with van der Waals surface area (Å²) in [6, 6.07) is 18.1. The summed E-state index contributed by atoms with van der Waals surface area (Å²) in [5, 5.41) is 13.0. The minimum Gasteiger partial charge on any atom is -0.486 e. The van der Waals surface area contributed by atoms with Crippen LogP contribution in [0.3, 0.4) is 0 Å². The van der Waals surface area contributed by atoms with Crippen molar-refractivity contribution in [3.63, 3.8) is 0 Å². The van der Waals surface area contributed by atoms with Crippen molar-refractivity contribution < 1.29 is 9.66 Å². The molecule has 0 amide bonds. The van der Waals surface area contributed by atoms with E-state index in [1.54, 1.807) is 0 Å². The fourth-order valence-corrected chi connectivity index (χ4v) is 2.34. The van der Waals surface area contributed by atoms with E-state index in [0.29, 0.717) is 18.0 Å². The number of rotatable bonds is 4. The third kappa shape index (κ3) is 2.69. The molecule has 0 aliphatic heterocycles. The van der Waals surface area contributed by atoms with Gasteiger partial charge in [-0.25, -0.2) is 0 Å². The van der Waals surface area contributed by atoms with Gasteiger partial charge in [0.05, 0.1) is 16.7 Å². The highest BCUT2D eigenvalue weighted by Gasteiger charge is 2.10. The van der Waals surface area contributed by atoms with Gasteiger partial charge in [0, 0.05) is 6.07 Å². The SMILES string of the molecule is Nc1ccc([N+](=O)[O-])cc1OCc1cccc2ccccc12. The van der Waals surface area contributed by atoms with Crippen LogP contribution in [0.2, 0.25) is 0 Å². The number of hydrogen-bond donors (Lipinski definition) is 1. The van der Waals surface area contributed by atoms with Gasteiger partial charge in [-0.05, 0) is 22.4 Å². The Morgan fingerprint density at radius 3 is 2.64 bits per heavy atom. The van der Waals surface area contributed by atoms with Gasteiger partial charge in [0.25, 0.3) is 5.69 Å². The predicted molar refractivity (Wildman–Crippen MR) is 85.8 cm³/mol. The third-order valence-electron chi connectivity index (χ3n) is 3.47. The Morgan fingerprint density at radius 1 is 1.05 bits per heavy atom. The molecule has 0 fully saturated rings. The molecule has 0 heterocycles. The van der Waals surface area contributed by atoms with E-state index < -0.39 is 4.92 Å². The first-order chi connectivity index (χ1) is 10.6. The smallest absolute Gasteiger partial charge is 0.273 e. The number of benzene rings is 3. The fraction of sp³-hybridized carbons (Fsp3) is 0.0588. The van der Waals surface area contributed by atoms with Crippen LogP contribution < -0.4 is 10.5 Å². The number of nitro benzene ring substituents is 1. The van der Waals surface area contributed by atoms with Crippen molar-refractivity contribution in [1.82, 2.24) is 0 Å². The van der Waals surface area contributed by atoms with Crippen molar-refractivity contribution in [1.29, 1.82) is 0 Å². The van der Waals surface area contributed by atoms with E-state index in [-0.39, 0.29) is 5.69 Å². The van der Waals surface area contributed by atoms with Gasteiger partial charge in [-0.3, -0.25) is 10.1 Å². The molecule has 0 spiro atoms. The molecule has 0 aliphatic rings. The van der Waals surface area contributed by atoms with Crippen LogP contribution in [0.15, 0.2) is 60.7 Å². The van der Waals surface area contributed by atoms with Gasteiger partial charge in [-0.1, -0.05) is 42.5 Å². The lowest BCUT2D eigenvalue weighted by molar-refractivity contribution is -0.384. The molecule has 110 valence electrons. The van der Waals surface area contributed by atoms with Gasteiger partial charge in [-0.15, -0.1) is 0 Å². The van der Waals surface area contributed by atoms with Crippen LogP contribution in [0.1, 0.15) is 5.56 Å². The molecule has 0 aromatic heterocycles. The molecule has 5 nitrogen and oxygen atoms in total. The van der Waals surface area contributed by atoms with Crippen molar-refractivity contribution >= 4 is 22.1 Å². The van der Waals surface area contributed by atoms with E-state index >= 15 is 0 Å². The van der Waals surface area contributed by atoms with E-state index in [4.69, 9.17) is 10.5 Å². The van der Waals surface area contributed by atoms with Crippen LogP contribution in [-0.4, -0.2) is 4.92 Å². The average molecular weight is 294 g/mol. The summed E-state index contributed by atoms with van der Waals surface area (Å²) in [6.45, 7) is 0.298. The second-order valence-corrected chi connectivity index (χ2v) is 4.91. The number of nitrogens with zero attached hydrogens (tertiary/aromatic N) is 1.